The van der Waals surface area contributed by atoms with E-state index in [0.29, 0.717) is 22.5 Å². The summed E-state index contributed by atoms with van der Waals surface area (Å²) in [6.07, 6.45) is 0.590. The lowest BCUT2D eigenvalue weighted by molar-refractivity contribution is -0.109. The fourth-order valence-corrected chi connectivity index (χ4v) is 2.00. The Morgan fingerprint density at radius 1 is 1.47 bits per heavy atom. The summed E-state index contributed by atoms with van der Waals surface area (Å²) in [6.45, 7) is 0. The molecule has 19 heavy (non-hydrogen) atoms. The molecule has 6 heteroatoms. The lowest BCUT2D eigenvalue weighted by Crippen LogP contribution is -2.30. The molecule has 0 spiro atoms. The topological polar surface area (TPSA) is 85.8 Å². The van der Waals surface area contributed by atoms with Crippen LogP contribution in [0.2, 0.25) is 5.02 Å². The van der Waals surface area contributed by atoms with E-state index in [4.69, 9.17) is 16.9 Å². The largest absolute Gasteiger partial charge is 0.343 e. The Kier molecular flexibility index (Phi) is 3.83. The third-order valence-corrected chi connectivity index (χ3v) is 2.97. The van der Waals surface area contributed by atoms with E-state index in [2.05, 4.69) is 10.3 Å². The molecule has 1 amide bonds. The van der Waals surface area contributed by atoms with E-state index in [1.807, 2.05) is 6.07 Å². The van der Waals surface area contributed by atoms with Crippen LogP contribution >= 0.6 is 11.6 Å². The van der Waals surface area contributed by atoms with Gasteiger partial charge in [0.1, 0.15) is 6.04 Å². The number of hydrogen-bond donors (Lipinski definition) is 2. The quantitative estimate of drug-likeness (QED) is 0.826. The number of aromatic amines is 1. The van der Waals surface area contributed by atoms with Gasteiger partial charge in [-0.25, -0.2) is 0 Å². The van der Waals surface area contributed by atoms with Crippen molar-refractivity contribution in [3.05, 3.63) is 45.2 Å². The van der Waals surface area contributed by atoms with Gasteiger partial charge in [-0.15, -0.1) is 0 Å². The second-order valence-electron chi connectivity index (χ2n) is 4.03. The van der Waals surface area contributed by atoms with Crippen LogP contribution in [0.25, 0.3) is 10.9 Å². The van der Waals surface area contributed by atoms with Crippen LogP contribution in [0.4, 0.5) is 0 Å². The summed E-state index contributed by atoms with van der Waals surface area (Å²) in [5.74, 6) is 0. The van der Waals surface area contributed by atoms with Gasteiger partial charge >= 0.3 is 0 Å². The van der Waals surface area contributed by atoms with Crippen LogP contribution in [-0.2, 0) is 11.2 Å². The molecule has 0 aliphatic carbocycles. The zero-order valence-electron chi connectivity index (χ0n) is 9.81. The molecule has 2 rings (SSSR count). The summed E-state index contributed by atoms with van der Waals surface area (Å²) >= 11 is 5.89. The minimum atomic E-state index is -0.727. The molecule has 0 saturated heterocycles. The van der Waals surface area contributed by atoms with Gasteiger partial charge in [0.25, 0.3) is 5.56 Å². The van der Waals surface area contributed by atoms with Crippen molar-refractivity contribution in [2.75, 3.05) is 0 Å². The predicted octanol–water partition coefficient (Wildman–Crippen LogP) is 1.36. The SMILES string of the molecule is N#CC(Cc1cc2cc(Cl)ccc2[nH]c1=O)NC=O. The zero-order valence-corrected chi connectivity index (χ0v) is 10.6. The second kappa shape index (κ2) is 5.55. The van der Waals surface area contributed by atoms with Crippen LogP contribution < -0.4 is 10.9 Å². The molecular formula is C13H10ClN3O2. The van der Waals surface area contributed by atoms with Gasteiger partial charge in [0, 0.05) is 22.5 Å². The Morgan fingerprint density at radius 2 is 2.26 bits per heavy atom. The minimum absolute atomic E-state index is 0.146. The Morgan fingerprint density at radius 3 is 2.95 bits per heavy atom. The first-order chi connectivity index (χ1) is 9.13. The molecule has 0 aliphatic rings. The lowest BCUT2D eigenvalue weighted by atomic mass is 10.1. The van der Waals surface area contributed by atoms with E-state index in [9.17, 15) is 9.59 Å². The van der Waals surface area contributed by atoms with E-state index < -0.39 is 6.04 Å². The number of carbonyl (C=O) groups is 1. The van der Waals surface area contributed by atoms with Crippen LogP contribution in [0, 0.1) is 11.3 Å². The predicted molar refractivity (Wildman–Crippen MR) is 71.9 cm³/mol. The highest BCUT2D eigenvalue weighted by Crippen LogP contribution is 2.17. The van der Waals surface area contributed by atoms with Gasteiger partial charge in [0.2, 0.25) is 6.41 Å². The Balaban J connectivity index is 2.43. The molecule has 0 radical (unpaired) electrons. The van der Waals surface area contributed by atoms with E-state index in [1.54, 1.807) is 24.3 Å². The van der Waals surface area contributed by atoms with Gasteiger partial charge in [0.05, 0.1) is 6.07 Å². The van der Waals surface area contributed by atoms with Gasteiger partial charge < -0.3 is 10.3 Å². The van der Waals surface area contributed by atoms with Crippen LogP contribution in [0.15, 0.2) is 29.1 Å². The molecule has 0 aliphatic heterocycles. The Hall–Kier alpha value is -2.32. The van der Waals surface area contributed by atoms with Gasteiger partial charge in [0.15, 0.2) is 0 Å². The number of rotatable bonds is 4. The summed E-state index contributed by atoms with van der Waals surface area (Å²) in [5, 5.41) is 12.6. The fraction of sp³-hybridized carbons (Fsp3) is 0.154. The summed E-state index contributed by atoms with van der Waals surface area (Å²) in [5.41, 5.74) is 0.827. The first kappa shape index (κ1) is 13.1. The highest BCUT2D eigenvalue weighted by atomic mass is 35.5. The maximum absolute atomic E-state index is 11.9. The van der Waals surface area contributed by atoms with E-state index >= 15 is 0 Å². The van der Waals surface area contributed by atoms with Crippen LogP contribution in [0.3, 0.4) is 0 Å². The molecule has 1 heterocycles. The number of halogens is 1. The average molecular weight is 276 g/mol. The molecule has 96 valence electrons. The molecule has 2 aromatic rings. The maximum atomic E-state index is 11.9. The number of fused-ring (bicyclic) bond motifs is 1. The number of nitriles is 1. The first-order valence-electron chi connectivity index (χ1n) is 5.55. The summed E-state index contributed by atoms with van der Waals surface area (Å²) in [6, 6.07) is 8.00. The smallest absolute Gasteiger partial charge is 0.251 e. The Labute approximate surface area is 113 Å². The van der Waals surface area contributed by atoms with Crippen molar-refractivity contribution in [2.45, 2.75) is 12.5 Å². The summed E-state index contributed by atoms with van der Waals surface area (Å²) < 4.78 is 0. The molecular weight excluding hydrogens is 266 g/mol. The van der Waals surface area contributed by atoms with E-state index in [1.165, 1.54) is 0 Å². The van der Waals surface area contributed by atoms with Crippen molar-refractivity contribution in [1.82, 2.24) is 10.3 Å². The van der Waals surface area contributed by atoms with Crippen molar-refractivity contribution in [3.8, 4) is 6.07 Å². The highest BCUT2D eigenvalue weighted by Gasteiger charge is 2.11. The highest BCUT2D eigenvalue weighted by molar-refractivity contribution is 6.31. The normalized spacial score (nSPS) is 11.8. The minimum Gasteiger partial charge on any atom is -0.343 e. The first-order valence-corrected chi connectivity index (χ1v) is 5.92. The van der Waals surface area contributed by atoms with Gasteiger partial charge in [-0.05, 0) is 29.7 Å². The van der Waals surface area contributed by atoms with Crippen molar-refractivity contribution in [3.63, 3.8) is 0 Å². The number of hydrogen-bond acceptors (Lipinski definition) is 3. The number of nitrogens with zero attached hydrogens (tertiary/aromatic N) is 1. The number of carbonyl (C=O) groups excluding carboxylic acids is 1. The van der Waals surface area contributed by atoms with Crippen LogP contribution in [0.1, 0.15) is 5.56 Å². The van der Waals surface area contributed by atoms with Gasteiger partial charge in [-0.2, -0.15) is 5.26 Å². The number of benzene rings is 1. The fourth-order valence-electron chi connectivity index (χ4n) is 1.82. The third kappa shape index (κ3) is 2.92. The molecule has 1 aromatic heterocycles. The van der Waals surface area contributed by atoms with Crippen molar-refractivity contribution in [1.29, 1.82) is 5.26 Å². The van der Waals surface area contributed by atoms with E-state index in [-0.39, 0.29) is 12.0 Å². The van der Waals surface area contributed by atoms with Crippen LogP contribution in [-0.4, -0.2) is 17.4 Å². The average Bonchev–Trinajstić information content (AvgIpc) is 2.39. The molecule has 1 atom stereocenters. The lowest BCUT2D eigenvalue weighted by Gasteiger charge is -2.08. The van der Waals surface area contributed by atoms with Crippen molar-refractivity contribution < 1.29 is 4.79 Å². The van der Waals surface area contributed by atoms with Crippen molar-refractivity contribution >= 4 is 28.9 Å². The van der Waals surface area contributed by atoms with Crippen molar-refractivity contribution in [2.24, 2.45) is 0 Å². The van der Waals surface area contributed by atoms with Gasteiger partial charge in [-0.3, -0.25) is 9.59 Å². The molecule has 0 saturated carbocycles. The third-order valence-electron chi connectivity index (χ3n) is 2.73. The molecule has 0 fully saturated rings. The van der Waals surface area contributed by atoms with Gasteiger partial charge in [-0.1, -0.05) is 11.6 Å². The van der Waals surface area contributed by atoms with Crippen LogP contribution in [0.5, 0.6) is 0 Å². The van der Waals surface area contributed by atoms with E-state index in [0.717, 1.165) is 5.39 Å². The summed E-state index contributed by atoms with van der Waals surface area (Å²) in [7, 11) is 0. The molecule has 1 unspecified atom stereocenters. The number of aromatic nitrogens is 1. The molecule has 0 bridgehead atoms. The monoisotopic (exact) mass is 275 g/mol. The number of nitrogens with one attached hydrogen (secondary N) is 2. The number of H-pyrrole nitrogens is 1. The molecule has 5 nitrogen and oxygen atoms in total. The second-order valence-corrected chi connectivity index (χ2v) is 4.46. The molecule has 2 N–H and O–H groups in total. The summed E-state index contributed by atoms with van der Waals surface area (Å²) in [4.78, 5) is 24.9. The zero-order chi connectivity index (χ0) is 13.8. The number of pyridine rings is 1. The standard InChI is InChI=1S/C13H10ClN3O2/c14-10-1-2-12-8(4-10)3-9(13(19)17-12)5-11(6-15)16-7-18/h1-4,7,11H,5H2,(H,16,18)(H,17,19). The molecule has 1 aromatic carbocycles. The maximum Gasteiger partial charge on any atom is 0.251 e. The number of amides is 1. The Bertz CT molecular complexity index is 718.